The van der Waals surface area contributed by atoms with Gasteiger partial charge in [0.25, 0.3) is 5.91 Å². The van der Waals surface area contributed by atoms with Crippen molar-refractivity contribution in [2.45, 2.75) is 26.2 Å². The highest BCUT2D eigenvalue weighted by Gasteiger charge is 2.15. The van der Waals surface area contributed by atoms with E-state index in [-0.39, 0.29) is 54.4 Å². The molecule has 0 radical (unpaired) electrons. The molecule has 0 aliphatic carbocycles. The molecule has 2 aromatic heterocycles. The van der Waals surface area contributed by atoms with Gasteiger partial charge in [-0.2, -0.15) is 0 Å². The summed E-state index contributed by atoms with van der Waals surface area (Å²) in [5.74, 6) is -1.47. The fourth-order valence-corrected chi connectivity index (χ4v) is 4.70. The van der Waals surface area contributed by atoms with E-state index in [1.165, 1.54) is 42.8 Å². The third-order valence-electron chi connectivity index (χ3n) is 5.93. The summed E-state index contributed by atoms with van der Waals surface area (Å²) in [6.07, 6.45) is 1.32. The van der Waals surface area contributed by atoms with Crippen LogP contribution in [-0.4, -0.2) is 36.3 Å². The average Bonchev–Trinajstić information content (AvgIpc) is 3.43. The number of hydrogen-bond donors (Lipinski definition) is 1. The molecule has 2 aromatic carbocycles. The molecule has 0 spiro atoms. The highest BCUT2D eigenvalue weighted by Crippen LogP contribution is 2.29. The van der Waals surface area contributed by atoms with E-state index < -0.39 is 17.6 Å². The summed E-state index contributed by atoms with van der Waals surface area (Å²) >= 11 is 1.23. The van der Waals surface area contributed by atoms with Crippen molar-refractivity contribution in [1.29, 1.82) is 0 Å². The Morgan fingerprint density at radius 3 is 2.48 bits per heavy atom. The van der Waals surface area contributed by atoms with Crippen LogP contribution in [0.4, 0.5) is 8.78 Å². The van der Waals surface area contributed by atoms with Gasteiger partial charge in [-0.15, -0.1) is 11.3 Å². The molecule has 1 amide bonds. The molecule has 0 atom stereocenters. The number of Topliss-reactive ketones (excluding diaryl/α,β-unsaturated/α-hetero) is 1. The van der Waals surface area contributed by atoms with Crippen LogP contribution >= 0.6 is 11.3 Å². The molecule has 10 heteroatoms. The van der Waals surface area contributed by atoms with E-state index in [0.717, 1.165) is 5.56 Å². The molecule has 1 N–H and O–H groups in total. The maximum Gasteiger partial charge on any atom is 0.307 e. The van der Waals surface area contributed by atoms with Gasteiger partial charge in [-0.05, 0) is 42.3 Å². The number of nitrogens with one attached hydrogen (secondary N) is 1. The monoisotopic (exact) mass is 564 g/mol. The second kappa shape index (κ2) is 13.1. The van der Waals surface area contributed by atoms with Crippen LogP contribution in [0.1, 0.15) is 32.8 Å². The van der Waals surface area contributed by atoms with Crippen molar-refractivity contribution >= 4 is 29.0 Å². The molecule has 0 saturated carbocycles. The zero-order valence-corrected chi connectivity index (χ0v) is 22.6. The Hall–Kier alpha value is -4.44. The number of esters is 1. The maximum absolute atomic E-state index is 14.8. The minimum absolute atomic E-state index is 0.0761. The quantitative estimate of drug-likeness (QED) is 0.230. The van der Waals surface area contributed by atoms with Crippen LogP contribution in [0.25, 0.3) is 11.3 Å². The van der Waals surface area contributed by atoms with Crippen molar-refractivity contribution < 1.29 is 32.6 Å². The lowest BCUT2D eigenvalue weighted by molar-refractivity contribution is -0.140. The number of ether oxygens (including phenoxy) is 2. The highest BCUT2D eigenvalue weighted by atomic mass is 32.1. The summed E-state index contributed by atoms with van der Waals surface area (Å²) in [6, 6.07) is 13.7. The molecule has 2 heterocycles. The Kier molecular flexibility index (Phi) is 9.34. The van der Waals surface area contributed by atoms with Gasteiger partial charge < -0.3 is 14.8 Å². The number of methoxy groups -OCH3 is 1. The van der Waals surface area contributed by atoms with Crippen LogP contribution in [0, 0.1) is 18.6 Å². The van der Waals surface area contributed by atoms with Crippen LogP contribution in [-0.2, 0) is 27.2 Å². The molecule has 0 fully saturated rings. The van der Waals surface area contributed by atoms with Crippen LogP contribution in [0.15, 0.2) is 66.2 Å². The van der Waals surface area contributed by atoms with E-state index in [1.54, 1.807) is 41.8 Å². The van der Waals surface area contributed by atoms with Gasteiger partial charge >= 0.3 is 5.97 Å². The van der Waals surface area contributed by atoms with E-state index in [4.69, 9.17) is 4.74 Å². The third-order valence-corrected chi connectivity index (χ3v) is 6.86. The van der Waals surface area contributed by atoms with E-state index in [9.17, 15) is 23.2 Å². The van der Waals surface area contributed by atoms with E-state index in [2.05, 4.69) is 15.0 Å². The minimum atomic E-state index is -0.606. The van der Waals surface area contributed by atoms with Gasteiger partial charge in [0, 0.05) is 48.7 Å². The van der Waals surface area contributed by atoms with Gasteiger partial charge in [0.1, 0.15) is 28.9 Å². The number of aryl methyl sites for hydroxylation is 1. The zero-order valence-electron chi connectivity index (χ0n) is 21.8. The van der Waals surface area contributed by atoms with Gasteiger partial charge in [-0.1, -0.05) is 23.8 Å². The summed E-state index contributed by atoms with van der Waals surface area (Å²) in [5.41, 5.74) is 2.56. The summed E-state index contributed by atoms with van der Waals surface area (Å²) in [4.78, 5) is 40.8. The van der Waals surface area contributed by atoms with Crippen LogP contribution < -0.4 is 10.1 Å². The molecule has 40 heavy (non-hydrogen) atoms. The Morgan fingerprint density at radius 2 is 1.70 bits per heavy atom. The molecule has 4 rings (SSSR count). The number of rotatable bonds is 11. The first-order valence-corrected chi connectivity index (χ1v) is 13.2. The number of benzene rings is 2. The summed E-state index contributed by atoms with van der Waals surface area (Å²) in [7, 11) is 1.28. The topological polar surface area (TPSA) is 94.6 Å². The van der Waals surface area contributed by atoms with Gasteiger partial charge in [0.2, 0.25) is 0 Å². The van der Waals surface area contributed by atoms with Crippen molar-refractivity contribution in [2.75, 3.05) is 13.7 Å². The van der Waals surface area contributed by atoms with Crippen LogP contribution in [0.2, 0.25) is 0 Å². The van der Waals surface area contributed by atoms with E-state index in [1.807, 2.05) is 6.92 Å². The standard InChI is InChI=1S/C30H26F2N2O5S/c1-18-3-6-25(31)20(11-18)13-22(35)12-19-4-5-23(15-26(19)32)39-24-7-9-33-27(16-24)21-14-28(40-17-21)30(37)34-10-8-29(36)38-2/h3-7,9,11,14-17H,8,10,12-13H2,1-2H3,(H,34,37). The SMILES string of the molecule is COC(=O)CCNC(=O)c1cc(-c2cc(Oc3ccc(CC(=O)Cc4cc(C)ccc4F)c(F)c3)ccn2)cs1. The smallest absolute Gasteiger partial charge is 0.307 e. The lowest BCUT2D eigenvalue weighted by atomic mass is 10.0. The second-order valence-corrected chi connectivity index (χ2v) is 9.91. The van der Waals surface area contributed by atoms with Gasteiger partial charge in [0.15, 0.2) is 0 Å². The lowest BCUT2D eigenvalue weighted by Crippen LogP contribution is -2.25. The molecule has 4 aromatic rings. The van der Waals surface area contributed by atoms with Crippen molar-refractivity contribution in [3.05, 3.63) is 99.4 Å². The predicted molar refractivity (Wildman–Crippen MR) is 147 cm³/mol. The number of thiophene rings is 1. The molecule has 0 unspecified atom stereocenters. The van der Waals surface area contributed by atoms with Gasteiger partial charge in [0.05, 0.1) is 24.1 Å². The number of hydrogen-bond acceptors (Lipinski definition) is 7. The van der Waals surface area contributed by atoms with Crippen LogP contribution in [0.3, 0.4) is 0 Å². The molecular weight excluding hydrogens is 538 g/mol. The first kappa shape index (κ1) is 28.6. The molecular formula is C30H26F2N2O5S. The second-order valence-electron chi connectivity index (χ2n) is 9.00. The molecule has 0 aliphatic heterocycles. The van der Waals surface area contributed by atoms with E-state index >= 15 is 0 Å². The van der Waals surface area contributed by atoms with Crippen molar-refractivity contribution in [1.82, 2.24) is 10.3 Å². The number of nitrogens with zero attached hydrogens (tertiary/aromatic N) is 1. The van der Waals surface area contributed by atoms with Crippen molar-refractivity contribution in [2.24, 2.45) is 0 Å². The Morgan fingerprint density at radius 1 is 0.925 bits per heavy atom. The third kappa shape index (κ3) is 7.57. The largest absolute Gasteiger partial charge is 0.469 e. The van der Waals surface area contributed by atoms with Crippen LogP contribution in [0.5, 0.6) is 11.5 Å². The van der Waals surface area contributed by atoms with Crippen molar-refractivity contribution in [3.8, 4) is 22.8 Å². The summed E-state index contributed by atoms with van der Waals surface area (Å²) in [6.45, 7) is 1.97. The van der Waals surface area contributed by atoms with Crippen molar-refractivity contribution in [3.63, 3.8) is 0 Å². The Labute approximate surface area is 233 Å². The predicted octanol–water partition coefficient (Wildman–Crippen LogP) is 5.84. The number of pyridine rings is 1. The maximum atomic E-state index is 14.8. The molecule has 7 nitrogen and oxygen atoms in total. The average molecular weight is 565 g/mol. The number of carbonyl (C=O) groups excluding carboxylic acids is 3. The molecule has 0 saturated heterocycles. The number of carbonyl (C=O) groups is 3. The summed E-state index contributed by atoms with van der Waals surface area (Å²) < 4.78 is 39.1. The minimum Gasteiger partial charge on any atom is -0.469 e. The normalized spacial score (nSPS) is 10.7. The zero-order chi connectivity index (χ0) is 28.6. The Balaban J connectivity index is 1.38. The fourth-order valence-electron chi connectivity index (χ4n) is 3.89. The summed E-state index contributed by atoms with van der Waals surface area (Å²) in [5, 5.41) is 4.44. The van der Waals surface area contributed by atoms with Gasteiger partial charge in [-0.25, -0.2) is 8.78 Å². The molecule has 0 bridgehead atoms. The molecule has 206 valence electrons. The fraction of sp³-hybridized carbons (Fsp3) is 0.200. The first-order chi connectivity index (χ1) is 19.2. The lowest BCUT2D eigenvalue weighted by Gasteiger charge is -2.09. The number of aromatic nitrogens is 1. The Bertz CT molecular complexity index is 1550. The number of amides is 1. The highest BCUT2D eigenvalue weighted by molar-refractivity contribution is 7.12. The number of halogens is 2. The number of ketones is 1. The van der Waals surface area contributed by atoms with Gasteiger partial charge in [-0.3, -0.25) is 19.4 Å². The molecule has 0 aliphatic rings. The van der Waals surface area contributed by atoms with E-state index in [0.29, 0.717) is 21.9 Å². The first-order valence-electron chi connectivity index (χ1n) is 12.3.